The number of aromatic amines is 1. The molecule has 26 heavy (non-hydrogen) atoms. The first kappa shape index (κ1) is 17.6. The number of halogens is 1. The number of hydrogen-bond acceptors (Lipinski definition) is 3. The van der Waals surface area contributed by atoms with Gasteiger partial charge in [0.15, 0.2) is 0 Å². The van der Waals surface area contributed by atoms with E-state index < -0.39 is 0 Å². The van der Waals surface area contributed by atoms with Crippen LogP contribution in [0.25, 0.3) is 10.9 Å². The summed E-state index contributed by atoms with van der Waals surface area (Å²) in [6.07, 6.45) is 1.86. The lowest BCUT2D eigenvalue weighted by Gasteiger charge is -2.44. The van der Waals surface area contributed by atoms with Gasteiger partial charge in [-0.15, -0.1) is 0 Å². The van der Waals surface area contributed by atoms with Crippen LogP contribution >= 0.6 is 22.9 Å². The molecule has 2 aromatic heterocycles. The van der Waals surface area contributed by atoms with Gasteiger partial charge in [0.05, 0.1) is 10.6 Å². The Balaban J connectivity index is 1.53. The minimum absolute atomic E-state index is 0.0210. The fourth-order valence-electron chi connectivity index (χ4n) is 3.71. The van der Waals surface area contributed by atoms with E-state index in [9.17, 15) is 4.79 Å². The molecule has 1 unspecified atom stereocenters. The lowest BCUT2D eigenvalue weighted by atomic mass is 10.0. The number of nitrogens with zero attached hydrogens (tertiary/aromatic N) is 2. The molecule has 0 aliphatic carbocycles. The molecule has 6 heteroatoms. The molecule has 4 rings (SSSR count). The first-order valence-electron chi connectivity index (χ1n) is 8.85. The maximum Gasteiger partial charge on any atom is 0.255 e. The third kappa shape index (κ3) is 3.27. The zero-order valence-electron chi connectivity index (χ0n) is 14.9. The lowest BCUT2D eigenvalue weighted by Crippen LogP contribution is -2.57. The molecule has 4 nitrogen and oxygen atoms in total. The Morgan fingerprint density at radius 2 is 2.12 bits per heavy atom. The molecule has 1 N–H and O–H groups in total. The molecule has 3 heterocycles. The van der Waals surface area contributed by atoms with E-state index in [-0.39, 0.29) is 11.9 Å². The monoisotopic (exact) mass is 387 g/mol. The second kappa shape index (κ2) is 7.06. The van der Waals surface area contributed by atoms with Crippen LogP contribution in [0.4, 0.5) is 0 Å². The van der Waals surface area contributed by atoms with E-state index in [1.54, 1.807) is 11.3 Å². The zero-order chi connectivity index (χ0) is 18.3. The minimum Gasteiger partial charge on any atom is -0.361 e. The van der Waals surface area contributed by atoms with Crippen LogP contribution < -0.4 is 0 Å². The molecule has 0 saturated carbocycles. The van der Waals surface area contributed by atoms with Crippen molar-refractivity contribution in [3.05, 3.63) is 57.4 Å². The Hall–Kier alpha value is -1.82. The Kier molecular flexibility index (Phi) is 4.78. The van der Waals surface area contributed by atoms with E-state index in [2.05, 4.69) is 40.6 Å². The molecular weight excluding hydrogens is 366 g/mol. The van der Waals surface area contributed by atoms with Gasteiger partial charge in [0.1, 0.15) is 0 Å². The Labute approximate surface area is 162 Å². The highest BCUT2D eigenvalue weighted by molar-refractivity contribution is 7.07. The van der Waals surface area contributed by atoms with Crippen LogP contribution in [0.15, 0.2) is 41.2 Å². The summed E-state index contributed by atoms with van der Waals surface area (Å²) in [5.74, 6) is 0.0210. The zero-order valence-corrected chi connectivity index (χ0v) is 16.5. The van der Waals surface area contributed by atoms with Crippen LogP contribution in [0, 0.1) is 0 Å². The molecule has 0 bridgehead atoms. The van der Waals surface area contributed by atoms with E-state index in [4.69, 9.17) is 11.6 Å². The molecule has 1 aromatic carbocycles. The maximum absolute atomic E-state index is 13.2. The van der Waals surface area contributed by atoms with Gasteiger partial charge in [0, 0.05) is 48.8 Å². The maximum atomic E-state index is 13.2. The number of carbonyl (C=O) groups is 1. The number of aromatic nitrogens is 1. The number of carbonyl (C=O) groups excluding carboxylic acids is 1. The second-order valence-corrected chi connectivity index (χ2v) is 8.30. The SMILES string of the molecule is CC1CN(Cc2ccsc2)[C@@H](C)CN1C(=O)c1cc2cc[nH]c2cc1Cl. The van der Waals surface area contributed by atoms with E-state index in [0.717, 1.165) is 24.0 Å². The van der Waals surface area contributed by atoms with Gasteiger partial charge in [0.25, 0.3) is 5.91 Å². The molecule has 1 aliphatic heterocycles. The van der Waals surface area contributed by atoms with Gasteiger partial charge in [-0.05, 0) is 54.4 Å². The van der Waals surface area contributed by atoms with Crippen molar-refractivity contribution in [2.24, 2.45) is 0 Å². The third-order valence-corrected chi connectivity index (χ3v) is 6.26. The van der Waals surface area contributed by atoms with E-state index >= 15 is 0 Å². The largest absolute Gasteiger partial charge is 0.361 e. The van der Waals surface area contributed by atoms with Crippen molar-refractivity contribution < 1.29 is 4.79 Å². The van der Waals surface area contributed by atoms with Gasteiger partial charge in [-0.3, -0.25) is 9.69 Å². The standard InChI is InChI=1S/C20H22ClN3OS/c1-13-10-24(14(2)9-23(13)11-15-4-6-26-12-15)20(25)17-7-16-3-5-22-19(16)8-18(17)21/h3-8,12-14,22H,9-11H2,1-2H3/t13-,14?/m0/s1. The van der Waals surface area contributed by atoms with E-state index in [1.165, 1.54) is 5.56 Å². The number of thiophene rings is 1. The van der Waals surface area contributed by atoms with Crippen LogP contribution in [-0.2, 0) is 6.54 Å². The van der Waals surface area contributed by atoms with Crippen molar-refractivity contribution in [3.63, 3.8) is 0 Å². The van der Waals surface area contributed by atoms with Crippen LogP contribution in [0.1, 0.15) is 29.8 Å². The highest BCUT2D eigenvalue weighted by Crippen LogP contribution is 2.27. The van der Waals surface area contributed by atoms with Crippen molar-refractivity contribution in [2.45, 2.75) is 32.5 Å². The average Bonchev–Trinajstić information content (AvgIpc) is 3.27. The van der Waals surface area contributed by atoms with Gasteiger partial charge in [-0.2, -0.15) is 11.3 Å². The second-order valence-electron chi connectivity index (χ2n) is 7.11. The summed E-state index contributed by atoms with van der Waals surface area (Å²) in [6, 6.07) is 8.33. The summed E-state index contributed by atoms with van der Waals surface area (Å²) in [5, 5.41) is 5.82. The van der Waals surface area contributed by atoms with Crippen LogP contribution in [0.3, 0.4) is 0 Å². The number of fused-ring (bicyclic) bond motifs is 1. The highest BCUT2D eigenvalue weighted by atomic mass is 35.5. The quantitative estimate of drug-likeness (QED) is 0.712. The summed E-state index contributed by atoms with van der Waals surface area (Å²) < 4.78 is 0. The molecule has 1 amide bonds. The summed E-state index contributed by atoms with van der Waals surface area (Å²) in [5.41, 5.74) is 2.88. The lowest BCUT2D eigenvalue weighted by molar-refractivity contribution is 0.0291. The molecule has 1 saturated heterocycles. The fraction of sp³-hybridized carbons (Fsp3) is 0.350. The normalized spacial score (nSPS) is 21.4. The number of H-pyrrole nitrogens is 1. The van der Waals surface area contributed by atoms with Gasteiger partial charge in [-0.25, -0.2) is 0 Å². The van der Waals surface area contributed by atoms with Gasteiger partial charge in [0.2, 0.25) is 0 Å². The van der Waals surface area contributed by atoms with Crippen molar-refractivity contribution in [3.8, 4) is 0 Å². The highest BCUT2D eigenvalue weighted by Gasteiger charge is 2.33. The number of rotatable bonds is 3. The fourth-order valence-corrected chi connectivity index (χ4v) is 4.62. The number of nitrogens with one attached hydrogen (secondary N) is 1. The van der Waals surface area contributed by atoms with Crippen molar-refractivity contribution >= 4 is 39.7 Å². The Morgan fingerprint density at radius 3 is 2.88 bits per heavy atom. The summed E-state index contributed by atoms with van der Waals surface area (Å²) in [7, 11) is 0. The predicted octanol–water partition coefficient (Wildman–Crippen LogP) is 4.62. The summed E-state index contributed by atoms with van der Waals surface area (Å²) in [6.45, 7) is 6.83. The molecule has 2 atom stereocenters. The molecule has 1 fully saturated rings. The molecule has 1 aliphatic rings. The number of amides is 1. The molecule has 0 radical (unpaired) electrons. The van der Waals surface area contributed by atoms with Crippen molar-refractivity contribution in [1.29, 1.82) is 0 Å². The topological polar surface area (TPSA) is 39.3 Å². The summed E-state index contributed by atoms with van der Waals surface area (Å²) >= 11 is 8.13. The number of benzene rings is 1. The molecule has 136 valence electrons. The minimum atomic E-state index is 0.0210. The van der Waals surface area contributed by atoms with Crippen LogP contribution in [-0.4, -0.2) is 45.9 Å². The summed E-state index contributed by atoms with van der Waals surface area (Å²) in [4.78, 5) is 20.7. The average molecular weight is 388 g/mol. The van der Waals surface area contributed by atoms with Crippen molar-refractivity contribution in [2.75, 3.05) is 13.1 Å². The molecular formula is C20H22ClN3OS. The van der Waals surface area contributed by atoms with Crippen molar-refractivity contribution in [1.82, 2.24) is 14.8 Å². The Bertz CT molecular complexity index is 920. The first-order chi connectivity index (χ1) is 12.5. The van der Waals surface area contributed by atoms with Crippen LogP contribution in [0.5, 0.6) is 0 Å². The molecule has 3 aromatic rings. The number of hydrogen-bond donors (Lipinski definition) is 1. The predicted molar refractivity (Wildman–Crippen MR) is 108 cm³/mol. The van der Waals surface area contributed by atoms with Gasteiger partial charge in [-0.1, -0.05) is 11.6 Å². The number of piperazine rings is 1. The third-order valence-electron chi connectivity index (χ3n) is 5.21. The van der Waals surface area contributed by atoms with E-state index in [1.807, 2.05) is 29.3 Å². The first-order valence-corrected chi connectivity index (χ1v) is 10.2. The van der Waals surface area contributed by atoms with Gasteiger partial charge < -0.3 is 9.88 Å². The van der Waals surface area contributed by atoms with Gasteiger partial charge >= 0.3 is 0 Å². The van der Waals surface area contributed by atoms with Crippen LogP contribution in [0.2, 0.25) is 5.02 Å². The molecule has 0 spiro atoms. The van der Waals surface area contributed by atoms with E-state index in [0.29, 0.717) is 23.2 Å². The smallest absolute Gasteiger partial charge is 0.255 e. The Morgan fingerprint density at radius 1 is 1.27 bits per heavy atom.